The topological polar surface area (TPSA) is 23.0 Å². The molecule has 0 saturated carbocycles. The van der Waals surface area contributed by atoms with Crippen molar-refractivity contribution in [1.29, 1.82) is 0 Å². The number of fused-ring (bicyclic) bond motifs is 14. The van der Waals surface area contributed by atoms with Crippen LogP contribution < -0.4 is 0 Å². The summed E-state index contributed by atoms with van der Waals surface area (Å²) in [4.78, 5) is 0. The van der Waals surface area contributed by atoms with Gasteiger partial charge in [0.1, 0.15) is 11.2 Å². The van der Waals surface area contributed by atoms with Gasteiger partial charge in [0.05, 0.1) is 27.5 Å². The highest BCUT2D eigenvalue weighted by atomic mass is 16.3. The Morgan fingerprint density at radius 2 is 0.930 bits per heavy atom. The molecule has 0 atom stereocenters. The van der Waals surface area contributed by atoms with E-state index in [-0.39, 0.29) is 0 Å². The molecule has 0 radical (unpaired) electrons. The fraction of sp³-hybridized carbons (Fsp3) is 0. The zero-order chi connectivity index (χ0) is 28.1. The van der Waals surface area contributed by atoms with Crippen molar-refractivity contribution < 1.29 is 4.42 Å². The Morgan fingerprint density at radius 3 is 1.67 bits per heavy atom. The van der Waals surface area contributed by atoms with Crippen LogP contribution in [0.3, 0.4) is 0 Å². The van der Waals surface area contributed by atoms with Gasteiger partial charge in [-0.15, -0.1) is 0 Å². The standard InChI is InChI=1S/C40H24N2O/c1-3-13-25(14-4-1)41-32-21-11-9-20-31(32)36-38(41)29-19-8-7-18-28(29)35-37-33(42(39(35)36)26-15-5-2-6-16-26)24-23-30-27-17-10-12-22-34(27)43-40(30)37/h1-24H. The zero-order valence-electron chi connectivity index (χ0n) is 23.2. The van der Waals surface area contributed by atoms with E-state index in [1.54, 1.807) is 0 Å². The van der Waals surface area contributed by atoms with Crippen molar-refractivity contribution >= 4 is 76.3 Å². The quantitative estimate of drug-likeness (QED) is 0.211. The van der Waals surface area contributed by atoms with E-state index in [1.165, 1.54) is 43.5 Å². The summed E-state index contributed by atoms with van der Waals surface area (Å²) in [5.41, 5.74) is 8.89. The summed E-state index contributed by atoms with van der Waals surface area (Å²) < 4.78 is 11.6. The third-order valence-corrected chi connectivity index (χ3v) is 9.07. The molecule has 10 aromatic rings. The number of nitrogens with zero attached hydrogens (tertiary/aromatic N) is 2. The molecule has 0 aliphatic heterocycles. The molecule has 0 fully saturated rings. The van der Waals surface area contributed by atoms with Crippen LogP contribution >= 0.6 is 0 Å². The number of furan rings is 1. The molecule has 0 N–H and O–H groups in total. The Kier molecular flexibility index (Phi) is 4.45. The molecular weight excluding hydrogens is 524 g/mol. The van der Waals surface area contributed by atoms with Crippen molar-refractivity contribution in [2.24, 2.45) is 0 Å². The van der Waals surface area contributed by atoms with Gasteiger partial charge in [-0.2, -0.15) is 0 Å². The predicted molar refractivity (Wildman–Crippen MR) is 180 cm³/mol. The van der Waals surface area contributed by atoms with Crippen molar-refractivity contribution in [3.8, 4) is 11.4 Å². The molecule has 3 aromatic heterocycles. The minimum Gasteiger partial charge on any atom is -0.455 e. The molecule has 3 heteroatoms. The summed E-state index contributed by atoms with van der Waals surface area (Å²) in [5, 5.41) is 9.60. The second-order valence-electron chi connectivity index (χ2n) is 11.3. The van der Waals surface area contributed by atoms with Crippen LogP contribution in [0.2, 0.25) is 0 Å². The van der Waals surface area contributed by atoms with Crippen LogP contribution in [-0.4, -0.2) is 9.13 Å². The minimum atomic E-state index is 0.914. The Bertz CT molecular complexity index is 2710. The van der Waals surface area contributed by atoms with Crippen LogP contribution in [0.4, 0.5) is 0 Å². The highest BCUT2D eigenvalue weighted by molar-refractivity contribution is 6.39. The molecule has 0 unspecified atom stereocenters. The number of rotatable bonds is 2. The summed E-state index contributed by atoms with van der Waals surface area (Å²) in [6, 6.07) is 52.1. The molecule has 3 nitrogen and oxygen atoms in total. The van der Waals surface area contributed by atoms with E-state index in [9.17, 15) is 0 Å². The normalized spacial score (nSPS) is 12.2. The SMILES string of the molecule is c1ccc(-n2c3ccccc3c3c2c2ccccc2c2c4c5oc6ccccc6c5ccc4n(-c4ccccc4)c23)cc1. The monoisotopic (exact) mass is 548 g/mol. The molecule has 0 amide bonds. The number of hydrogen-bond acceptors (Lipinski definition) is 1. The van der Waals surface area contributed by atoms with E-state index < -0.39 is 0 Å². The Morgan fingerprint density at radius 1 is 0.349 bits per heavy atom. The van der Waals surface area contributed by atoms with E-state index in [4.69, 9.17) is 4.42 Å². The maximum atomic E-state index is 6.73. The highest BCUT2D eigenvalue weighted by Gasteiger charge is 2.26. The van der Waals surface area contributed by atoms with E-state index in [0.29, 0.717) is 0 Å². The molecule has 0 saturated heterocycles. The lowest BCUT2D eigenvalue weighted by atomic mass is 9.98. The van der Waals surface area contributed by atoms with Gasteiger partial charge in [-0.3, -0.25) is 0 Å². The van der Waals surface area contributed by atoms with Gasteiger partial charge in [0.25, 0.3) is 0 Å². The Labute approximate surface area is 246 Å². The lowest BCUT2D eigenvalue weighted by Crippen LogP contribution is -1.96. The van der Waals surface area contributed by atoms with Crippen LogP contribution in [0.1, 0.15) is 0 Å². The van der Waals surface area contributed by atoms with E-state index in [0.717, 1.165) is 44.2 Å². The molecule has 0 bridgehead atoms. The Balaban J connectivity index is 1.58. The number of benzene rings is 7. The van der Waals surface area contributed by atoms with Crippen LogP contribution in [0.15, 0.2) is 150 Å². The fourth-order valence-corrected chi connectivity index (χ4v) is 7.39. The van der Waals surface area contributed by atoms with Gasteiger partial charge in [-0.25, -0.2) is 0 Å². The van der Waals surface area contributed by atoms with Crippen molar-refractivity contribution in [2.75, 3.05) is 0 Å². The third-order valence-electron chi connectivity index (χ3n) is 9.07. The molecule has 0 spiro atoms. The predicted octanol–water partition coefficient (Wildman–Crippen LogP) is 10.9. The van der Waals surface area contributed by atoms with Gasteiger partial charge in [0.15, 0.2) is 0 Å². The van der Waals surface area contributed by atoms with Crippen LogP contribution in [-0.2, 0) is 0 Å². The van der Waals surface area contributed by atoms with Gasteiger partial charge in [0, 0.05) is 43.7 Å². The number of para-hydroxylation sites is 4. The van der Waals surface area contributed by atoms with Gasteiger partial charge >= 0.3 is 0 Å². The summed E-state index contributed by atoms with van der Waals surface area (Å²) >= 11 is 0. The summed E-state index contributed by atoms with van der Waals surface area (Å²) in [7, 11) is 0. The summed E-state index contributed by atoms with van der Waals surface area (Å²) in [5.74, 6) is 0. The van der Waals surface area contributed by atoms with E-state index in [2.05, 4.69) is 149 Å². The second kappa shape index (κ2) is 8.37. The average molecular weight is 549 g/mol. The fourth-order valence-electron chi connectivity index (χ4n) is 7.39. The molecule has 10 rings (SSSR count). The van der Waals surface area contributed by atoms with E-state index in [1.807, 2.05) is 6.07 Å². The lowest BCUT2D eigenvalue weighted by molar-refractivity contribution is 0.673. The number of aromatic nitrogens is 2. The smallest absolute Gasteiger partial charge is 0.145 e. The molecule has 43 heavy (non-hydrogen) atoms. The van der Waals surface area contributed by atoms with Crippen molar-refractivity contribution in [3.63, 3.8) is 0 Å². The van der Waals surface area contributed by atoms with Gasteiger partial charge < -0.3 is 13.6 Å². The molecule has 200 valence electrons. The first-order valence-electron chi connectivity index (χ1n) is 14.7. The molecule has 0 aliphatic rings. The first kappa shape index (κ1) is 22.8. The minimum absolute atomic E-state index is 0.914. The van der Waals surface area contributed by atoms with Crippen LogP contribution in [0, 0.1) is 0 Å². The van der Waals surface area contributed by atoms with Gasteiger partial charge in [-0.05, 0) is 53.9 Å². The molecule has 3 heterocycles. The zero-order valence-corrected chi connectivity index (χ0v) is 23.2. The van der Waals surface area contributed by atoms with Gasteiger partial charge in [-0.1, -0.05) is 97.1 Å². The summed E-state index contributed by atoms with van der Waals surface area (Å²) in [6.07, 6.45) is 0. The number of hydrogen-bond donors (Lipinski definition) is 0. The van der Waals surface area contributed by atoms with Crippen molar-refractivity contribution in [3.05, 3.63) is 146 Å². The van der Waals surface area contributed by atoms with E-state index >= 15 is 0 Å². The first-order chi connectivity index (χ1) is 21.4. The van der Waals surface area contributed by atoms with Crippen molar-refractivity contribution in [2.45, 2.75) is 0 Å². The molecule has 0 aliphatic carbocycles. The van der Waals surface area contributed by atoms with Crippen LogP contribution in [0.5, 0.6) is 0 Å². The van der Waals surface area contributed by atoms with Crippen molar-refractivity contribution in [1.82, 2.24) is 9.13 Å². The first-order valence-corrected chi connectivity index (χ1v) is 14.7. The average Bonchev–Trinajstić information content (AvgIpc) is 3.73. The third kappa shape index (κ3) is 2.93. The molecule has 7 aromatic carbocycles. The largest absolute Gasteiger partial charge is 0.455 e. The molecular formula is C40H24N2O. The van der Waals surface area contributed by atoms with Crippen LogP contribution in [0.25, 0.3) is 87.7 Å². The maximum Gasteiger partial charge on any atom is 0.145 e. The maximum absolute atomic E-state index is 6.73. The summed E-state index contributed by atoms with van der Waals surface area (Å²) in [6.45, 7) is 0. The Hall–Kier alpha value is -5.80. The lowest BCUT2D eigenvalue weighted by Gasteiger charge is -2.12. The van der Waals surface area contributed by atoms with Gasteiger partial charge in [0.2, 0.25) is 0 Å². The second-order valence-corrected chi connectivity index (χ2v) is 11.3. The highest BCUT2D eigenvalue weighted by Crippen LogP contribution is 2.49.